The van der Waals surface area contributed by atoms with Crippen molar-refractivity contribution in [2.24, 2.45) is 0 Å². The first-order valence-electron chi connectivity index (χ1n) is 7.90. The molecule has 0 aliphatic heterocycles. The summed E-state index contributed by atoms with van der Waals surface area (Å²) in [5, 5.41) is 0. The van der Waals surface area contributed by atoms with Gasteiger partial charge in [-0.2, -0.15) is 0 Å². The molecular formula is C21H19NO2S. The van der Waals surface area contributed by atoms with E-state index < -0.39 is 10.0 Å². The summed E-state index contributed by atoms with van der Waals surface area (Å²) < 4.78 is 28.1. The summed E-state index contributed by atoms with van der Waals surface area (Å²) in [5.41, 5.74) is 3.97. The summed E-state index contributed by atoms with van der Waals surface area (Å²) in [6.45, 7) is 6.08. The first kappa shape index (κ1) is 17.0. The average Bonchev–Trinajstić information content (AvgIpc) is 2.62. The SMILES string of the molecule is C=C(c1ccccc1)c1ccc(C)cc1NS(=O)(=O)c1ccccc1. The third kappa shape index (κ3) is 3.80. The Labute approximate surface area is 148 Å². The Balaban J connectivity index is 2.02. The van der Waals surface area contributed by atoms with Crippen LogP contribution in [0.5, 0.6) is 0 Å². The number of anilines is 1. The average molecular weight is 349 g/mol. The van der Waals surface area contributed by atoms with Crippen LogP contribution in [0.15, 0.2) is 90.3 Å². The molecule has 0 spiro atoms. The predicted octanol–water partition coefficient (Wildman–Crippen LogP) is 4.86. The zero-order chi connectivity index (χ0) is 17.9. The van der Waals surface area contributed by atoms with E-state index in [9.17, 15) is 8.42 Å². The standard InChI is InChI=1S/C21H19NO2S/c1-16-13-14-20(17(2)18-9-5-3-6-10-18)21(15-16)22-25(23,24)19-11-7-4-8-12-19/h3-15,22H,2H2,1H3. The molecule has 3 aromatic rings. The Morgan fingerprint density at radius 2 is 1.48 bits per heavy atom. The van der Waals surface area contributed by atoms with Crippen LogP contribution in [-0.2, 0) is 10.0 Å². The summed E-state index contributed by atoms with van der Waals surface area (Å²) in [7, 11) is -3.66. The number of benzene rings is 3. The second-order valence-corrected chi connectivity index (χ2v) is 7.49. The molecule has 0 bridgehead atoms. The van der Waals surface area contributed by atoms with Crippen LogP contribution in [0.2, 0.25) is 0 Å². The van der Waals surface area contributed by atoms with E-state index in [0.29, 0.717) is 5.69 Å². The minimum absolute atomic E-state index is 0.229. The fraction of sp³-hybridized carbons (Fsp3) is 0.0476. The zero-order valence-corrected chi connectivity index (χ0v) is 14.8. The third-order valence-electron chi connectivity index (χ3n) is 3.92. The maximum Gasteiger partial charge on any atom is 0.261 e. The predicted molar refractivity (Wildman–Crippen MR) is 103 cm³/mol. The van der Waals surface area contributed by atoms with E-state index in [0.717, 1.165) is 22.3 Å². The molecule has 0 radical (unpaired) electrons. The van der Waals surface area contributed by atoms with Gasteiger partial charge in [0.15, 0.2) is 0 Å². The Hall–Kier alpha value is -2.85. The third-order valence-corrected chi connectivity index (χ3v) is 5.30. The van der Waals surface area contributed by atoms with Crippen LogP contribution < -0.4 is 4.72 Å². The number of sulfonamides is 1. The van der Waals surface area contributed by atoms with Crippen molar-refractivity contribution >= 4 is 21.3 Å². The maximum absolute atomic E-state index is 12.7. The minimum Gasteiger partial charge on any atom is -0.279 e. The molecular weight excluding hydrogens is 330 g/mol. The van der Waals surface area contributed by atoms with Crippen molar-refractivity contribution in [3.8, 4) is 0 Å². The molecule has 0 atom stereocenters. The normalized spacial score (nSPS) is 11.1. The summed E-state index contributed by atoms with van der Waals surface area (Å²) >= 11 is 0. The molecule has 0 fully saturated rings. The Morgan fingerprint density at radius 3 is 2.12 bits per heavy atom. The lowest BCUT2D eigenvalue weighted by molar-refractivity contribution is 0.601. The van der Waals surface area contributed by atoms with Gasteiger partial charge in [-0.25, -0.2) is 8.42 Å². The minimum atomic E-state index is -3.66. The van der Waals surface area contributed by atoms with Crippen molar-refractivity contribution in [1.82, 2.24) is 0 Å². The van der Waals surface area contributed by atoms with Crippen molar-refractivity contribution in [1.29, 1.82) is 0 Å². The highest BCUT2D eigenvalue weighted by molar-refractivity contribution is 7.92. The van der Waals surface area contributed by atoms with Crippen LogP contribution in [0.1, 0.15) is 16.7 Å². The molecule has 0 heterocycles. The van der Waals surface area contributed by atoms with Gasteiger partial charge in [-0.1, -0.05) is 67.2 Å². The summed E-state index contributed by atoms with van der Waals surface area (Å²) in [5.74, 6) is 0. The highest BCUT2D eigenvalue weighted by Crippen LogP contribution is 2.30. The van der Waals surface area contributed by atoms with Gasteiger partial charge in [0.05, 0.1) is 10.6 Å². The summed E-state index contributed by atoms with van der Waals surface area (Å²) in [4.78, 5) is 0.229. The summed E-state index contributed by atoms with van der Waals surface area (Å²) in [6.07, 6.45) is 0. The molecule has 0 amide bonds. The molecule has 0 aliphatic rings. The van der Waals surface area contributed by atoms with Crippen molar-refractivity contribution in [3.63, 3.8) is 0 Å². The van der Waals surface area contributed by atoms with Gasteiger partial charge in [-0.15, -0.1) is 0 Å². The van der Waals surface area contributed by atoms with E-state index in [4.69, 9.17) is 0 Å². The van der Waals surface area contributed by atoms with Gasteiger partial charge in [0.25, 0.3) is 10.0 Å². The molecule has 0 unspecified atom stereocenters. The number of aryl methyl sites for hydroxylation is 1. The second-order valence-electron chi connectivity index (χ2n) is 5.81. The molecule has 0 saturated heterocycles. The van der Waals surface area contributed by atoms with E-state index in [1.165, 1.54) is 0 Å². The van der Waals surface area contributed by atoms with E-state index in [2.05, 4.69) is 11.3 Å². The smallest absolute Gasteiger partial charge is 0.261 e. The van der Waals surface area contributed by atoms with E-state index in [-0.39, 0.29) is 4.90 Å². The van der Waals surface area contributed by atoms with Gasteiger partial charge in [0, 0.05) is 5.56 Å². The van der Waals surface area contributed by atoms with E-state index in [1.807, 2.05) is 55.5 Å². The van der Waals surface area contributed by atoms with E-state index in [1.54, 1.807) is 30.3 Å². The van der Waals surface area contributed by atoms with Gasteiger partial charge >= 0.3 is 0 Å². The number of hydrogen-bond donors (Lipinski definition) is 1. The van der Waals surface area contributed by atoms with Gasteiger partial charge < -0.3 is 0 Å². The maximum atomic E-state index is 12.7. The van der Waals surface area contributed by atoms with Crippen LogP contribution >= 0.6 is 0 Å². The fourth-order valence-electron chi connectivity index (χ4n) is 2.60. The zero-order valence-electron chi connectivity index (χ0n) is 13.9. The Kier molecular flexibility index (Phi) is 4.72. The van der Waals surface area contributed by atoms with Crippen molar-refractivity contribution in [3.05, 3.63) is 102 Å². The van der Waals surface area contributed by atoms with Crippen LogP contribution in [0.4, 0.5) is 5.69 Å². The molecule has 25 heavy (non-hydrogen) atoms. The highest BCUT2D eigenvalue weighted by atomic mass is 32.2. The van der Waals surface area contributed by atoms with Crippen LogP contribution in [0, 0.1) is 6.92 Å². The van der Waals surface area contributed by atoms with E-state index >= 15 is 0 Å². The van der Waals surface area contributed by atoms with Crippen LogP contribution in [0.25, 0.3) is 5.57 Å². The molecule has 0 saturated carbocycles. The van der Waals surface area contributed by atoms with Crippen LogP contribution in [0.3, 0.4) is 0 Å². The highest BCUT2D eigenvalue weighted by Gasteiger charge is 2.17. The van der Waals surface area contributed by atoms with Gasteiger partial charge in [0.2, 0.25) is 0 Å². The molecule has 3 rings (SSSR count). The molecule has 3 aromatic carbocycles. The lowest BCUT2D eigenvalue weighted by Crippen LogP contribution is -2.14. The molecule has 126 valence electrons. The largest absolute Gasteiger partial charge is 0.279 e. The van der Waals surface area contributed by atoms with Crippen molar-refractivity contribution < 1.29 is 8.42 Å². The number of nitrogens with one attached hydrogen (secondary N) is 1. The molecule has 0 aromatic heterocycles. The number of rotatable bonds is 5. The Bertz CT molecular complexity index is 995. The summed E-state index contributed by atoms with van der Waals surface area (Å²) in [6, 6.07) is 23.7. The molecule has 3 nitrogen and oxygen atoms in total. The monoisotopic (exact) mass is 349 g/mol. The van der Waals surface area contributed by atoms with Gasteiger partial charge in [-0.3, -0.25) is 4.72 Å². The molecule has 4 heteroatoms. The quantitative estimate of drug-likeness (QED) is 0.715. The van der Waals surface area contributed by atoms with Gasteiger partial charge in [-0.05, 0) is 41.8 Å². The molecule has 1 N–H and O–H groups in total. The first-order valence-corrected chi connectivity index (χ1v) is 9.39. The topological polar surface area (TPSA) is 46.2 Å². The lowest BCUT2D eigenvalue weighted by Gasteiger charge is -2.15. The Morgan fingerprint density at radius 1 is 0.880 bits per heavy atom. The van der Waals surface area contributed by atoms with Crippen LogP contribution in [-0.4, -0.2) is 8.42 Å². The number of hydrogen-bond acceptors (Lipinski definition) is 2. The van der Waals surface area contributed by atoms with Crippen molar-refractivity contribution in [2.45, 2.75) is 11.8 Å². The van der Waals surface area contributed by atoms with Crippen molar-refractivity contribution in [2.75, 3.05) is 4.72 Å². The van der Waals surface area contributed by atoms with Gasteiger partial charge in [0.1, 0.15) is 0 Å². The fourth-order valence-corrected chi connectivity index (χ4v) is 3.70. The molecule has 0 aliphatic carbocycles. The first-order chi connectivity index (χ1) is 12.0. The second kappa shape index (κ2) is 6.95. The lowest BCUT2D eigenvalue weighted by atomic mass is 9.97.